The first-order valence-corrected chi connectivity index (χ1v) is 3.91. The molecular formula is C10H6F2N2O. The Balaban J connectivity index is 3.14. The predicted octanol–water partition coefficient (Wildman–Crippen LogP) is 1.36. The van der Waals surface area contributed by atoms with Crippen molar-refractivity contribution in [3.05, 3.63) is 41.0 Å². The average molecular weight is 208 g/mol. The first kappa shape index (κ1) is 10.9. The lowest BCUT2D eigenvalue weighted by Crippen LogP contribution is -2.12. The molecule has 3 nitrogen and oxygen atoms in total. The van der Waals surface area contributed by atoms with Crippen molar-refractivity contribution in [2.24, 2.45) is 5.73 Å². The van der Waals surface area contributed by atoms with Crippen LogP contribution in [-0.4, -0.2) is 5.91 Å². The second-order valence-electron chi connectivity index (χ2n) is 2.71. The van der Waals surface area contributed by atoms with E-state index in [4.69, 9.17) is 11.0 Å². The molecule has 0 aromatic heterocycles. The van der Waals surface area contributed by atoms with Gasteiger partial charge in [0.25, 0.3) is 5.91 Å². The molecule has 76 valence electrons. The molecule has 0 radical (unpaired) electrons. The molecule has 1 rings (SSSR count). The molecule has 0 fully saturated rings. The number of amides is 1. The van der Waals surface area contributed by atoms with Crippen molar-refractivity contribution < 1.29 is 13.6 Å². The Bertz CT molecular complexity index is 475. The Labute approximate surface area is 84.4 Å². The summed E-state index contributed by atoms with van der Waals surface area (Å²) in [5, 5.41) is 8.49. The molecule has 0 aliphatic carbocycles. The average Bonchev–Trinajstić information content (AvgIpc) is 2.19. The van der Waals surface area contributed by atoms with E-state index < -0.39 is 17.5 Å². The first-order valence-electron chi connectivity index (χ1n) is 3.91. The summed E-state index contributed by atoms with van der Waals surface area (Å²) < 4.78 is 25.3. The highest BCUT2D eigenvalue weighted by atomic mass is 19.2. The zero-order chi connectivity index (χ0) is 11.4. The van der Waals surface area contributed by atoms with Gasteiger partial charge in [0.05, 0.1) is 0 Å². The molecular weight excluding hydrogens is 202 g/mol. The molecule has 0 aliphatic heterocycles. The van der Waals surface area contributed by atoms with Crippen molar-refractivity contribution >= 4 is 12.0 Å². The van der Waals surface area contributed by atoms with Gasteiger partial charge in [-0.2, -0.15) is 5.26 Å². The van der Waals surface area contributed by atoms with E-state index in [1.165, 1.54) is 6.07 Å². The van der Waals surface area contributed by atoms with Gasteiger partial charge in [-0.05, 0) is 23.8 Å². The van der Waals surface area contributed by atoms with Crippen LogP contribution in [0.3, 0.4) is 0 Å². The number of primary amides is 1. The molecule has 0 bridgehead atoms. The largest absolute Gasteiger partial charge is 0.365 e. The van der Waals surface area contributed by atoms with Crippen molar-refractivity contribution in [3.63, 3.8) is 0 Å². The molecule has 5 heteroatoms. The molecule has 0 aliphatic rings. The minimum Gasteiger partial charge on any atom is -0.365 e. The van der Waals surface area contributed by atoms with Crippen molar-refractivity contribution in [2.45, 2.75) is 0 Å². The fourth-order valence-corrected chi connectivity index (χ4v) is 0.927. The highest BCUT2D eigenvalue weighted by molar-refractivity contribution is 6.00. The zero-order valence-corrected chi connectivity index (χ0v) is 7.50. The van der Waals surface area contributed by atoms with Crippen LogP contribution in [0.2, 0.25) is 0 Å². The van der Waals surface area contributed by atoms with Gasteiger partial charge >= 0.3 is 0 Å². The normalized spacial score (nSPS) is 10.9. The van der Waals surface area contributed by atoms with E-state index in [0.717, 1.165) is 18.2 Å². The van der Waals surface area contributed by atoms with E-state index in [0.29, 0.717) is 0 Å². The lowest BCUT2D eigenvalue weighted by atomic mass is 10.1. The molecule has 0 saturated carbocycles. The van der Waals surface area contributed by atoms with Crippen LogP contribution in [0.1, 0.15) is 5.56 Å². The predicted molar refractivity (Wildman–Crippen MR) is 49.1 cm³/mol. The minimum atomic E-state index is -1.05. The maximum Gasteiger partial charge on any atom is 0.259 e. The van der Waals surface area contributed by atoms with Gasteiger partial charge in [-0.3, -0.25) is 4.79 Å². The molecule has 1 aromatic carbocycles. The van der Waals surface area contributed by atoms with E-state index >= 15 is 0 Å². The summed E-state index contributed by atoms with van der Waals surface area (Å²) in [6.07, 6.45) is 1.09. The fraction of sp³-hybridized carbons (Fsp3) is 0. The summed E-state index contributed by atoms with van der Waals surface area (Å²) in [4.78, 5) is 10.7. The maximum absolute atomic E-state index is 12.7. The molecule has 0 saturated heterocycles. The van der Waals surface area contributed by atoms with Crippen LogP contribution < -0.4 is 5.73 Å². The number of hydrogen-bond acceptors (Lipinski definition) is 2. The van der Waals surface area contributed by atoms with Gasteiger partial charge in [0.1, 0.15) is 11.6 Å². The quantitative estimate of drug-likeness (QED) is 0.589. The van der Waals surface area contributed by atoms with Gasteiger partial charge in [-0.25, -0.2) is 8.78 Å². The molecule has 15 heavy (non-hydrogen) atoms. The van der Waals surface area contributed by atoms with E-state index in [1.54, 1.807) is 6.07 Å². The van der Waals surface area contributed by atoms with Crippen molar-refractivity contribution in [1.82, 2.24) is 0 Å². The number of rotatable bonds is 2. The number of hydrogen-bond donors (Lipinski definition) is 1. The Morgan fingerprint density at radius 3 is 2.53 bits per heavy atom. The van der Waals surface area contributed by atoms with Crippen LogP contribution in [0.4, 0.5) is 8.78 Å². The minimum absolute atomic E-state index is 0.198. The van der Waals surface area contributed by atoms with Crippen molar-refractivity contribution in [1.29, 1.82) is 5.26 Å². The number of carbonyl (C=O) groups excluding carboxylic acids is 1. The number of nitrogens with two attached hydrogens (primary N) is 1. The van der Waals surface area contributed by atoms with Gasteiger partial charge in [-0.1, -0.05) is 6.07 Å². The monoisotopic (exact) mass is 208 g/mol. The number of halogens is 2. The molecule has 2 N–H and O–H groups in total. The Morgan fingerprint density at radius 2 is 2.07 bits per heavy atom. The number of nitrogens with zero attached hydrogens (tertiary/aromatic N) is 1. The fourth-order valence-electron chi connectivity index (χ4n) is 0.927. The second-order valence-corrected chi connectivity index (χ2v) is 2.71. The van der Waals surface area contributed by atoms with Crippen LogP contribution >= 0.6 is 0 Å². The number of benzene rings is 1. The third-order valence-corrected chi connectivity index (χ3v) is 1.64. The summed E-state index contributed by atoms with van der Waals surface area (Å²) >= 11 is 0. The standard InChI is InChI=1S/C10H6F2N2O/c11-8-2-1-6(4-9(8)12)3-7(5-13)10(14)15/h1-4H,(H2,14,15)/b7-3+. The molecule has 0 atom stereocenters. The van der Waals surface area contributed by atoms with Crippen LogP contribution in [0, 0.1) is 23.0 Å². The highest BCUT2D eigenvalue weighted by Gasteiger charge is 2.05. The summed E-state index contributed by atoms with van der Waals surface area (Å²) in [5.41, 5.74) is 4.75. The summed E-state index contributed by atoms with van der Waals surface area (Å²) in [7, 11) is 0. The van der Waals surface area contributed by atoms with E-state index in [-0.39, 0.29) is 11.1 Å². The van der Waals surface area contributed by atoms with Gasteiger partial charge in [0, 0.05) is 0 Å². The molecule has 1 aromatic rings. The first-order chi connectivity index (χ1) is 7.04. The lowest BCUT2D eigenvalue weighted by molar-refractivity contribution is -0.114. The van der Waals surface area contributed by atoms with Crippen LogP contribution in [0.25, 0.3) is 6.08 Å². The lowest BCUT2D eigenvalue weighted by Gasteiger charge is -1.96. The Hall–Kier alpha value is -2.22. The van der Waals surface area contributed by atoms with Crippen molar-refractivity contribution in [3.8, 4) is 6.07 Å². The van der Waals surface area contributed by atoms with Crippen LogP contribution in [-0.2, 0) is 4.79 Å². The summed E-state index contributed by atoms with van der Waals surface area (Å²) in [6.45, 7) is 0. The second kappa shape index (κ2) is 4.33. The summed E-state index contributed by atoms with van der Waals surface area (Å²) in [5.74, 6) is -2.96. The Morgan fingerprint density at radius 1 is 1.40 bits per heavy atom. The molecule has 0 spiro atoms. The van der Waals surface area contributed by atoms with Crippen LogP contribution in [0.15, 0.2) is 23.8 Å². The third kappa shape index (κ3) is 2.61. The zero-order valence-electron chi connectivity index (χ0n) is 7.50. The van der Waals surface area contributed by atoms with E-state index in [2.05, 4.69) is 0 Å². The van der Waals surface area contributed by atoms with E-state index in [9.17, 15) is 13.6 Å². The van der Waals surface area contributed by atoms with Crippen LogP contribution in [0.5, 0.6) is 0 Å². The smallest absolute Gasteiger partial charge is 0.259 e. The molecule has 1 amide bonds. The van der Waals surface area contributed by atoms with Gasteiger partial charge < -0.3 is 5.73 Å². The molecule has 0 heterocycles. The van der Waals surface area contributed by atoms with Gasteiger partial charge in [-0.15, -0.1) is 0 Å². The molecule has 0 unspecified atom stereocenters. The maximum atomic E-state index is 12.7. The van der Waals surface area contributed by atoms with Gasteiger partial charge in [0.15, 0.2) is 11.6 Å². The van der Waals surface area contributed by atoms with Gasteiger partial charge in [0.2, 0.25) is 0 Å². The van der Waals surface area contributed by atoms with E-state index in [1.807, 2.05) is 0 Å². The Kier molecular flexibility index (Phi) is 3.13. The number of carbonyl (C=O) groups is 1. The summed E-state index contributed by atoms with van der Waals surface area (Å²) in [6, 6.07) is 4.56. The highest BCUT2D eigenvalue weighted by Crippen LogP contribution is 2.11. The topological polar surface area (TPSA) is 66.9 Å². The third-order valence-electron chi connectivity index (χ3n) is 1.64. The SMILES string of the molecule is N#C/C(=C\c1ccc(F)c(F)c1)C(N)=O. The number of nitriles is 1. The van der Waals surface area contributed by atoms with Crippen molar-refractivity contribution in [2.75, 3.05) is 0 Å².